The molecule has 6 heteroatoms. The highest BCUT2D eigenvalue weighted by Gasteiger charge is 2.15. The van der Waals surface area contributed by atoms with Crippen LogP contribution in [0.3, 0.4) is 0 Å². The monoisotopic (exact) mass is 294 g/mol. The van der Waals surface area contributed by atoms with Crippen LogP contribution in [0.5, 0.6) is 0 Å². The van der Waals surface area contributed by atoms with Crippen molar-refractivity contribution in [3.8, 4) is 0 Å². The Bertz CT molecular complexity index is 529. The first-order chi connectivity index (χ1) is 9.85. The molecule has 116 valence electrons. The van der Waals surface area contributed by atoms with E-state index < -0.39 is 12.0 Å². The number of carbonyl (C=O) groups excluding carboxylic acids is 1. The molecule has 0 fully saturated rings. The van der Waals surface area contributed by atoms with Gasteiger partial charge in [0.2, 0.25) is 0 Å². The Morgan fingerprint density at radius 2 is 2.00 bits per heavy atom. The van der Waals surface area contributed by atoms with Crippen molar-refractivity contribution in [1.29, 1.82) is 0 Å². The number of anilines is 1. The first-order valence-corrected chi connectivity index (χ1v) is 6.73. The summed E-state index contributed by atoms with van der Waals surface area (Å²) in [6.45, 7) is 6.53. The summed E-state index contributed by atoms with van der Waals surface area (Å²) < 4.78 is 4.99. The van der Waals surface area contributed by atoms with E-state index in [1.54, 1.807) is 20.1 Å². The number of carboxylic acids is 1. The molecular weight excluding hydrogens is 272 g/mol. The predicted octanol–water partition coefficient (Wildman–Crippen LogP) is 2.41. The lowest BCUT2D eigenvalue weighted by Crippen LogP contribution is -2.34. The number of carbonyl (C=O) groups is 2. The Balaban J connectivity index is 2.78. The second kappa shape index (κ2) is 7.64. The van der Waals surface area contributed by atoms with Gasteiger partial charge in [0, 0.05) is 13.7 Å². The molecule has 3 N–H and O–H groups in total. The van der Waals surface area contributed by atoms with Crippen LogP contribution in [0.25, 0.3) is 0 Å². The summed E-state index contributed by atoms with van der Waals surface area (Å²) in [4.78, 5) is 23.1. The van der Waals surface area contributed by atoms with Crippen LogP contribution >= 0.6 is 0 Å². The summed E-state index contributed by atoms with van der Waals surface area (Å²) in [5, 5.41) is 14.5. The van der Waals surface area contributed by atoms with E-state index in [-0.39, 0.29) is 11.5 Å². The minimum absolute atomic E-state index is 0.0904. The fourth-order valence-corrected chi connectivity index (χ4v) is 2.07. The van der Waals surface area contributed by atoms with Crippen LogP contribution in [-0.2, 0) is 4.74 Å². The van der Waals surface area contributed by atoms with Crippen molar-refractivity contribution >= 4 is 17.7 Å². The van der Waals surface area contributed by atoms with Crippen LogP contribution in [0.15, 0.2) is 12.1 Å². The van der Waals surface area contributed by atoms with Gasteiger partial charge in [0.15, 0.2) is 0 Å². The molecule has 2 amide bonds. The number of rotatable bonds is 6. The summed E-state index contributed by atoms with van der Waals surface area (Å²) in [6.07, 6.45) is 0. The summed E-state index contributed by atoms with van der Waals surface area (Å²) >= 11 is 0. The average molecular weight is 294 g/mol. The molecule has 0 aromatic heterocycles. The fraction of sp³-hybridized carbons (Fsp3) is 0.467. The maximum absolute atomic E-state index is 11.9. The summed E-state index contributed by atoms with van der Waals surface area (Å²) in [5.41, 5.74) is 1.97. The summed E-state index contributed by atoms with van der Waals surface area (Å²) in [7, 11) is 1.60. The number of aromatic carboxylic acids is 1. The molecule has 0 heterocycles. The van der Waals surface area contributed by atoms with Crippen LogP contribution in [-0.4, -0.2) is 37.4 Å². The van der Waals surface area contributed by atoms with E-state index in [4.69, 9.17) is 4.74 Å². The van der Waals surface area contributed by atoms with Crippen molar-refractivity contribution in [1.82, 2.24) is 5.32 Å². The van der Waals surface area contributed by atoms with Gasteiger partial charge in [-0.2, -0.15) is 0 Å². The maximum Gasteiger partial charge on any atom is 0.337 e. The van der Waals surface area contributed by atoms with E-state index >= 15 is 0 Å². The van der Waals surface area contributed by atoms with Crippen LogP contribution < -0.4 is 10.6 Å². The summed E-state index contributed by atoms with van der Waals surface area (Å²) in [6, 6.07) is 2.95. The first-order valence-electron chi connectivity index (χ1n) is 6.73. The van der Waals surface area contributed by atoms with Crippen molar-refractivity contribution in [3.63, 3.8) is 0 Å². The number of ether oxygens (including phenoxy) is 1. The quantitative estimate of drug-likeness (QED) is 0.752. The third-order valence-electron chi connectivity index (χ3n) is 3.01. The lowest BCUT2D eigenvalue weighted by atomic mass is 10.0. The van der Waals surface area contributed by atoms with Crippen molar-refractivity contribution in [2.45, 2.75) is 20.8 Å². The molecule has 0 bridgehead atoms. The molecule has 0 spiro atoms. The smallest absolute Gasteiger partial charge is 0.337 e. The largest absolute Gasteiger partial charge is 0.478 e. The van der Waals surface area contributed by atoms with Crippen LogP contribution in [0.1, 0.15) is 28.4 Å². The lowest BCUT2D eigenvalue weighted by molar-refractivity contribution is 0.0698. The zero-order chi connectivity index (χ0) is 16.0. The molecule has 0 radical (unpaired) electrons. The molecular formula is C15H22N2O4. The number of hydrogen-bond acceptors (Lipinski definition) is 3. The third kappa shape index (κ3) is 5.07. The van der Waals surface area contributed by atoms with Gasteiger partial charge in [-0.15, -0.1) is 0 Å². The highest BCUT2D eigenvalue weighted by atomic mass is 16.5. The molecule has 1 atom stereocenters. The number of hydrogen-bond donors (Lipinski definition) is 3. The molecule has 0 aliphatic rings. The normalized spacial score (nSPS) is 11.8. The van der Waals surface area contributed by atoms with Gasteiger partial charge in [0.25, 0.3) is 0 Å². The first kappa shape index (κ1) is 17.0. The van der Waals surface area contributed by atoms with Crippen LogP contribution in [0.4, 0.5) is 10.5 Å². The molecule has 0 aliphatic heterocycles. The Morgan fingerprint density at radius 1 is 1.33 bits per heavy atom. The molecule has 21 heavy (non-hydrogen) atoms. The molecule has 6 nitrogen and oxygen atoms in total. The zero-order valence-electron chi connectivity index (χ0n) is 12.8. The van der Waals surface area contributed by atoms with Crippen molar-refractivity contribution in [2.75, 3.05) is 25.6 Å². The third-order valence-corrected chi connectivity index (χ3v) is 3.01. The van der Waals surface area contributed by atoms with Gasteiger partial charge < -0.3 is 20.5 Å². The fourth-order valence-electron chi connectivity index (χ4n) is 2.07. The number of carboxylic acid groups (broad SMARTS) is 1. The number of methoxy groups -OCH3 is 1. The van der Waals surface area contributed by atoms with Gasteiger partial charge in [-0.05, 0) is 37.0 Å². The second-order valence-electron chi connectivity index (χ2n) is 5.21. The van der Waals surface area contributed by atoms with Crippen LogP contribution in [0, 0.1) is 19.8 Å². The molecule has 1 unspecified atom stereocenters. The maximum atomic E-state index is 11.9. The Kier molecular flexibility index (Phi) is 6.17. The van der Waals surface area contributed by atoms with E-state index in [1.165, 1.54) is 0 Å². The Hall–Kier alpha value is -2.08. The number of urea groups is 1. The minimum atomic E-state index is -1.06. The summed E-state index contributed by atoms with van der Waals surface area (Å²) in [5.74, 6) is -0.886. The molecule has 0 aliphatic carbocycles. The number of benzene rings is 1. The SMILES string of the molecule is COCC(C)CNC(=O)Nc1c(C)cc(C)cc1C(=O)O. The second-order valence-corrected chi connectivity index (χ2v) is 5.21. The van der Waals surface area contributed by atoms with Crippen molar-refractivity contribution in [3.05, 3.63) is 28.8 Å². The number of aryl methyl sites for hydroxylation is 2. The molecule has 1 aromatic rings. The Morgan fingerprint density at radius 3 is 2.57 bits per heavy atom. The van der Waals surface area contributed by atoms with Gasteiger partial charge in [-0.25, -0.2) is 9.59 Å². The Labute approximate surface area is 124 Å². The van der Waals surface area contributed by atoms with Gasteiger partial charge in [0.1, 0.15) is 0 Å². The lowest BCUT2D eigenvalue weighted by Gasteiger charge is -2.15. The van der Waals surface area contributed by atoms with Crippen molar-refractivity contribution < 1.29 is 19.4 Å². The number of amides is 2. The highest BCUT2D eigenvalue weighted by Crippen LogP contribution is 2.22. The molecule has 0 saturated carbocycles. The predicted molar refractivity (Wildman–Crippen MR) is 80.9 cm³/mol. The highest BCUT2D eigenvalue weighted by molar-refractivity contribution is 6.01. The molecule has 1 rings (SSSR count). The van der Waals surface area contributed by atoms with Gasteiger partial charge >= 0.3 is 12.0 Å². The average Bonchev–Trinajstić information content (AvgIpc) is 2.39. The van der Waals surface area contributed by atoms with E-state index in [2.05, 4.69) is 10.6 Å². The minimum Gasteiger partial charge on any atom is -0.478 e. The van der Waals surface area contributed by atoms with Gasteiger partial charge in [0.05, 0.1) is 17.9 Å². The van der Waals surface area contributed by atoms with Crippen molar-refractivity contribution in [2.24, 2.45) is 5.92 Å². The zero-order valence-corrected chi connectivity index (χ0v) is 12.8. The topological polar surface area (TPSA) is 87.7 Å². The molecule has 1 aromatic carbocycles. The van der Waals surface area contributed by atoms with Crippen LogP contribution in [0.2, 0.25) is 0 Å². The van der Waals surface area contributed by atoms with Gasteiger partial charge in [-0.1, -0.05) is 13.0 Å². The van der Waals surface area contributed by atoms with E-state index in [1.807, 2.05) is 19.9 Å². The van der Waals surface area contributed by atoms with E-state index in [0.717, 1.165) is 5.56 Å². The van der Waals surface area contributed by atoms with E-state index in [9.17, 15) is 14.7 Å². The van der Waals surface area contributed by atoms with Gasteiger partial charge in [-0.3, -0.25) is 0 Å². The van der Waals surface area contributed by atoms with E-state index in [0.29, 0.717) is 24.4 Å². The number of nitrogens with one attached hydrogen (secondary N) is 2. The standard InChI is InChI=1S/C15H22N2O4/c1-9-5-11(3)13(12(6-9)14(18)19)17-15(20)16-7-10(2)8-21-4/h5-6,10H,7-8H2,1-4H3,(H,18,19)(H2,16,17,20). The molecule has 0 saturated heterocycles.